The van der Waals surface area contributed by atoms with Crippen LogP contribution in [0.5, 0.6) is 0 Å². The molecule has 0 fully saturated rings. The fraction of sp³-hybridized carbons (Fsp3) is 0.200. The summed E-state index contributed by atoms with van der Waals surface area (Å²) in [5, 5.41) is 9.89. The van der Waals surface area contributed by atoms with Gasteiger partial charge in [-0.05, 0) is 30.0 Å². The van der Waals surface area contributed by atoms with Crippen LogP contribution in [0.4, 0.5) is 5.82 Å². The first-order valence-electron chi connectivity index (χ1n) is 8.18. The van der Waals surface area contributed by atoms with Crippen molar-refractivity contribution in [1.82, 2.24) is 10.2 Å². The van der Waals surface area contributed by atoms with Crippen molar-refractivity contribution in [2.45, 2.75) is 26.2 Å². The Hall–Kier alpha value is -2.88. The van der Waals surface area contributed by atoms with E-state index in [0.717, 1.165) is 28.8 Å². The van der Waals surface area contributed by atoms with Gasteiger partial charge in [0.25, 0.3) is 0 Å². The molecule has 0 saturated carbocycles. The average molecular weight is 319 g/mol. The van der Waals surface area contributed by atoms with Crippen LogP contribution in [0.25, 0.3) is 11.1 Å². The summed E-state index contributed by atoms with van der Waals surface area (Å²) < 4.78 is 0. The molecule has 3 rings (SSSR count). The van der Waals surface area contributed by atoms with Gasteiger partial charge in [0.2, 0.25) is 5.91 Å². The first-order valence-corrected chi connectivity index (χ1v) is 8.18. The first-order chi connectivity index (χ1) is 11.7. The van der Waals surface area contributed by atoms with E-state index in [2.05, 4.69) is 39.8 Å². The molecule has 0 radical (unpaired) electrons. The van der Waals surface area contributed by atoms with Gasteiger partial charge < -0.3 is 5.32 Å². The van der Waals surface area contributed by atoms with Crippen LogP contribution in [0.2, 0.25) is 0 Å². The van der Waals surface area contributed by atoms with E-state index in [-0.39, 0.29) is 11.8 Å². The molecule has 0 aliphatic rings. The minimum atomic E-state index is -0.254. The molecule has 0 saturated heterocycles. The number of aromatic nitrogens is 2. The topological polar surface area (TPSA) is 57.8 Å². The molecule has 2 N–H and O–H groups in total. The second kappa shape index (κ2) is 7.13. The smallest absolute Gasteiger partial charge is 0.232 e. The van der Waals surface area contributed by atoms with Gasteiger partial charge in [0, 0.05) is 11.8 Å². The van der Waals surface area contributed by atoms with Gasteiger partial charge in [-0.1, -0.05) is 61.5 Å². The zero-order chi connectivity index (χ0) is 16.9. The molecule has 4 heteroatoms. The number of anilines is 1. The van der Waals surface area contributed by atoms with Gasteiger partial charge in [0.1, 0.15) is 0 Å². The molecule has 0 bridgehead atoms. The van der Waals surface area contributed by atoms with Crippen molar-refractivity contribution < 1.29 is 4.79 Å². The molecule has 1 heterocycles. The fourth-order valence-corrected chi connectivity index (χ4v) is 2.61. The Morgan fingerprint density at radius 2 is 1.83 bits per heavy atom. The van der Waals surface area contributed by atoms with E-state index in [4.69, 9.17) is 0 Å². The minimum Gasteiger partial charge on any atom is -0.309 e. The fourth-order valence-electron chi connectivity index (χ4n) is 2.61. The number of hydrogen-bond donors (Lipinski definition) is 2. The monoisotopic (exact) mass is 319 g/mol. The summed E-state index contributed by atoms with van der Waals surface area (Å²) in [6.45, 7) is 3.95. The lowest BCUT2D eigenvalue weighted by molar-refractivity contribution is -0.117. The summed E-state index contributed by atoms with van der Waals surface area (Å²) in [4.78, 5) is 12.5. The molecule has 4 nitrogen and oxygen atoms in total. The quantitative estimate of drug-likeness (QED) is 0.733. The maximum atomic E-state index is 12.5. The number of hydrogen-bond acceptors (Lipinski definition) is 2. The van der Waals surface area contributed by atoms with Gasteiger partial charge in [-0.3, -0.25) is 9.89 Å². The zero-order valence-electron chi connectivity index (χ0n) is 13.9. The lowest BCUT2D eigenvalue weighted by Gasteiger charge is -2.13. The highest BCUT2D eigenvalue weighted by atomic mass is 16.1. The van der Waals surface area contributed by atoms with Crippen LogP contribution in [0.1, 0.15) is 31.0 Å². The van der Waals surface area contributed by atoms with Crippen molar-refractivity contribution in [1.29, 1.82) is 0 Å². The molecule has 0 aliphatic carbocycles. The molecule has 24 heavy (non-hydrogen) atoms. The predicted octanol–water partition coefficient (Wildman–Crippen LogP) is 4.38. The Morgan fingerprint density at radius 1 is 1.08 bits per heavy atom. The summed E-state index contributed by atoms with van der Waals surface area (Å²) in [5.74, 6) is 0.257. The highest BCUT2D eigenvalue weighted by Gasteiger charge is 2.17. The van der Waals surface area contributed by atoms with Crippen LogP contribution >= 0.6 is 0 Å². The summed E-state index contributed by atoms with van der Waals surface area (Å²) >= 11 is 0. The van der Waals surface area contributed by atoms with Gasteiger partial charge >= 0.3 is 0 Å². The number of aryl methyl sites for hydroxylation is 1. The maximum Gasteiger partial charge on any atom is 0.232 e. The summed E-state index contributed by atoms with van der Waals surface area (Å²) in [6, 6.07) is 20.1. The van der Waals surface area contributed by atoms with E-state index in [9.17, 15) is 4.79 Å². The number of amides is 1. The highest BCUT2D eigenvalue weighted by Crippen LogP contribution is 2.24. The van der Waals surface area contributed by atoms with Crippen LogP contribution < -0.4 is 5.32 Å². The largest absolute Gasteiger partial charge is 0.309 e. The standard InChI is InChI=1S/C20H21N3O/c1-3-18-13-19(23-22-18)21-20(24)14(2)16-10-7-11-17(12-16)15-8-5-4-6-9-15/h4-14H,3H2,1-2H3,(H2,21,22,23,24). The molecule has 2 aromatic carbocycles. The lowest BCUT2D eigenvalue weighted by atomic mass is 9.95. The number of carbonyl (C=O) groups excluding carboxylic acids is 1. The number of carbonyl (C=O) groups is 1. The number of aromatic amines is 1. The van der Waals surface area contributed by atoms with Crippen LogP contribution in [0.3, 0.4) is 0 Å². The van der Waals surface area contributed by atoms with E-state index in [1.165, 1.54) is 0 Å². The Labute approximate surface area is 141 Å². The Kier molecular flexibility index (Phi) is 4.75. The molecule has 3 aromatic rings. The summed E-state index contributed by atoms with van der Waals surface area (Å²) in [7, 11) is 0. The molecule has 1 amide bonds. The maximum absolute atomic E-state index is 12.5. The molecular formula is C20H21N3O. The number of H-pyrrole nitrogens is 1. The number of nitrogens with zero attached hydrogens (tertiary/aromatic N) is 1. The van der Waals surface area contributed by atoms with E-state index in [1.807, 2.05) is 50.2 Å². The van der Waals surface area contributed by atoms with Gasteiger partial charge in [0.05, 0.1) is 5.92 Å². The Bertz CT molecular complexity index is 824. The van der Waals surface area contributed by atoms with Crippen molar-refractivity contribution in [3.8, 4) is 11.1 Å². The van der Waals surface area contributed by atoms with Gasteiger partial charge in [-0.2, -0.15) is 5.10 Å². The Morgan fingerprint density at radius 3 is 2.54 bits per heavy atom. The third-order valence-electron chi connectivity index (χ3n) is 4.15. The van der Waals surface area contributed by atoms with Crippen LogP contribution in [-0.2, 0) is 11.2 Å². The third kappa shape index (κ3) is 3.54. The second-order valence-electron chi connectivity index (χ2n) is 5.83. The van der Waals surface area contributed by atoms with Crippen molar-refractivity contribution >= 4 is 11.7 Å². The van der Waals surface area contributed by atoms with Crippen molar-refractivity contribution in [3.05, 3.63) is 71.9 Å². The van der Waals surface area contributed by atoms with Crippen molar-refractivity contribution in [2.75, 3.05) is 5.32 Å². The number of nitrogens with one attached hydrogen (secondary N) is 2. The molecule has 122 valence electrons. The second-order valence-corrected chi connectivity index (χ2v) is 5.83. The first kappa shape index (κ1) is 16.0. The zero-order valence-corrected chi connectivity index (χ0v) is 13.9. The molecule has 1 unspecified atom stereocenters. The third-order valence-corrected chi connectivity index (χ3v) is 4.15. The van der Waals surface area contributed by atoms with Crippen molar-refractivity contribution in [2.24, 2.45) is 0 Å². The van der Waals surface area contributed by atoms with Gasteiger partial charge in [-0.25, -0.2) is 0 Å². The summed E-state index contributed by atoms with van der Waals surface area (Å²) in [6.07, 6.45) is 0.859. The van der Waals surface area contributed by atoms with Crippen molar-refractivity contribution in [3.63, 3.8) is 0 Å². The number of rotatable bonds is 5. The molecular weight excluding hydrogens is 298 g/mol. The van der Waals surface area contributed by atoms with Crippen LogP contribution in [-0.4, -0.2) is 16.1 Å². The normalized spacial score (nSPS) is 11.9. The predicted molar refractivity (Wildman–Crippen MR) is 96.9 cm³/mol. The molecule has 0 aliphatic heterocycles. The minimum absolute atomic E-state index is 0.0608. The summed E-state index contributed by atoms with van der Waals surface area (Å²) in [5.41, 5.74) is 4.25. The lowest BCUT2D eigenvalue weighted by Crippen LogP contribution is -2.19. The van der Waals surface area contributed by atoms with E-state index >= 15 is 0 Å². The number of benzene rings is 2. The van der Waals surface area contributed by atoms with E-state index < -0.39 is 0 Å². The molecule has 1 atom stereocenters. The van der Waals surface area contributed by atoms with Gasteiger partial charge in [0.15, 0.2) is 5.82 Å². The SMILES string of the molecule is CCc1cc(NC(=O)C(C)c2cccc(-c3ccccc3)c2)n[nH]1. The Balaban J connectivity index is 1.77. The van der Waals surface area contributed by atoms with Crippen LogP contribution in [0.15, 0.2) is 60.7 Å². The van der Waals surface area contributed by atoms with E-state index in [1.54, 1.807) is 0 Å². The molecule has 1 aromatic heterocycles. The highest BCUT2D eigenvalue weighted by molar-refractivity contribution is 5.95. The average Bonchev–Trinajstić information content (AvgIpc) is 3.09. The van der Waals surface area contributed by atoms with Crippen LogP contribution in [0, 0.1) is 0 Å². The van der Waals surface area contributed by atoms with Gasteiger partial charge in [-0.15, -0.1) is 0 Å². The van der Waals surface area contributed by atoms with E-state index in [0.29, 0.717) is 5.82 Å². The molecule has 0 spiro atoms.